The van der Waals surface area contributed by atoms with E-state index in [2.05, 4.69) is 4.98 Å². The highest BCUT2D eigenvalue weighted by molar-refractivity contribution is 7.10. The molecule has 0 aliphatic heterocycles. The number of hydrogen-bond acceptors (Lipinski definition) is 3. The Hall–Kier alpha value is -1.66. The molecule has 2 aromatic rings. The first-order valence-electron chi connectivity index (χ1n) is 3.81. The molecule has 1 aromatic heterocycles. The van der Waals surface area contributed by atoms with Crippen LogP contribution in [0.2, 0.25) is 0 Å². The lowest BCUT2D eigenvalue weighted by Crippen LogP contribution is -1.76. The summed E-state index contributed by atoms with van der Waals surface area (Å²) in [6, 6.07) is 11.9. The Balaban J connectivity index is 2.43. The molecule has 1 heterocycles. The Morgan fingerprint density at radius 3 is 2.62 bits per heavy atom. The Labute approximate surface area is 80.1 Å². The van der Waals surface area contributed by atoms with Crippen LogP contribution in [0.25, 0.3) is 11.3 Å². The molecule has 0 spiro atoms. The normalized spacial score (nSPS) is 9.46. The third-order valence-electron chi connectivity index (χ3n) is 1.67. The molecule has 2 nitrogen and oxygen atoms in total. The summed E-state index contributed by atoms with van der Waals surface area (Å²) in [6.07, 6.45) is 0. The smallest absolute Gasteiger partial charge is 0.194 e. The van der Waals surface area contributed by atoms with Gasteiger partial charge in [0.25, 0.3) is 0 Å². The molecule has 0 saturated heterocycles. The van der Waals surface area contributed by atoms with Gasteiger partial charge in [-0.25, -0.2) is 4.98 Å². The first-order chi connectivity index (χ1) is 6.40. The summed E-state index contributed by atoms with van der Waals surface area (Å²) in [5.74, 6) is 0. The second-order valence-electron chi connectivity index (χ2n) is 2.52. The molecular weight excluding hydrogens is 180 g/mol. The van der Waals surface area contributed by atoms with E-state index in [1.54, 1.807) is 0 Å². The van der Waals surface area contributed by atoms with Gasteiger partial charge in [0, 0.05) is 10.9 Å². The minimum Gasteiger partial charge on any atom is -0.226 e. The Bertz CT molecular complexity index is 439. The summed E-state index contributed by atoms with van der Waals surface area (Å²) in [5, 5.41) is 11.0. The Kier molecular flexibility index (Phi) is 2.07. The molecular formula is C10H6N2S. The van der Waals surface area contributed by atoms with Gasteiger partial charge in [0.15, 0.2) is 5.01 Å². The number of nitriles is 1. The topological polar surface area (TPSA) is 36.7 Å². The molecule has 0 unspecified atom stereocenters. The van der Waals surface area contributed by atoms with Gasteiger partial charge in [-0.15, -0.1) is 11.3 Å². The fourth-order valence-electron chi connectivity index (χ4n) is 1.07. The molecule has 2 rings (SSSR count). The Morgan fingerprint density at radius 2 is 2.00 bits per heavy atom. The highest BCUT2D eigenvalue weighted by atomic mass is 32.1. The van der Waals surface area contributed by atoms with Crippen molar-refractivity contribution < 1.29 is 0 Å². The third kappa shape index (κ3) is 1.58. The lowest BCUT2D eigenvalue weighted by atomic mass is 10.2. The van der Waals surface area contributed by atoms with E-state index in [0.717, 1.165) is 11.3 Å². The van der Waals surface area contributed by atoms with E-state index >= 15 is 0 Å². The van der Waals surface area contributed by atoms with Gasteiger partial charge in [-0.1, -0.05) is 30.3 Å². The molecule has 0 radical (unpaired) electrons. The van der Waals surface area contributed by atoms with Crippen LogP contribution in [-0.2, 0) is 0 Å². The van der Waals surface area contributed by atoms with E-state index in [0.29, 0.717) is 5.01 Å². The molecule has 0 bridgehead atoms. The van der Waals surface area contributed by atoms with Crippen LogP contribution in [0.4, 0.5) is 0 Å². The predicted octanol–water partition coefficient (Wildman–Crippen LogP) is 2.68. The maximum absolute atomic E-state index is 8.60. The number of benzene rings is 1. The van der Waals surface area contributed by atoms with Crippen LogP contribution >= 0.6 is 11.3 Å². The zero-order valence-corrected chi connectivity index (χ0v) is 7.58. The molecule has 0 fully saturated rings. The summed E-state index contributed by atoms with van der Waals surface area (Å²) in [5.41, 5.74) is 1.93. The highest BCUT2D eigenvalue weighted by Crippen LogP contribution is 2.20. The summed E-state index contributed by atoms with van der Waals surface area (Å²) < 4.78 is 0. The number of hydrogen-bond donors (Lipinski definition) is 0. The molecule has 0 atom stereocenters. The molecule has 0 aliphatic rings. The first-order valence-corrected chi connectivity index (χ1v) is 4.69. The molecule has 0 aliphatic carbocycles. The van der Waals surface area contributed by atoms with Crippen molar-refractivity contribution >= 4 is 11.3 Å². The lowest BCUT2D eigenvalue weighted by Gasteiger charge is -1.92. The van der Waals surface area contributed by atoms with E-state index in [-0.39, 0.29) is 0 Å². The maximum Gasteiger partial charge on any atom is 0.194 e. The van der Waals surface area contributed by atoms with Crippen molar-refractivity contribution in [3.05, 3.63) is 40.7 Å². The van der Waals surface area contributed by atoms with Crippen LogP contribution in [-0.4, -0.2) is 4.98 Å². The lowest BCUT2D eigenvalue weighted by molar-refractivity contribution is 1.35. The monoisotopic (exact) mass is 186 g/mol. The van der Waals surface area contributed by atoms with Crippen molar-refractivity contribution in [2.24, 2.45) is 0 Å². The number of aromatic nitrogens is 1. The first kappa shape index (κ1) is 7.96. The van der Waals surface area contributed by atoms with Crippen molar-refractivity contribution in [3.8, 4) is 17.3 Å². The SMILES string of the molecule is N#Cc1nc(-c2ccccc2)cs1. The van der Waals surface area contributed by atoms with E-state index < -0.39 is 0 Å². The minimum atomic E-state index is 0.513. The van der Waals surface area contributed by atoms with E-state index in [1.165, 1.54) is 11.3 Å². The van der Waals surface area contributed by atoms with Crippen LogP contribution in [0.3, 0.4) is 0 Å². The van der Waals surface area contributed by atoms with Gasteiger partial charge in [0.2, 0.25) is 0 Å². The predicted molar refractivity (Wildman–Crippen MR) is 52.3 cm³/mol. The maximum atomic E-state index is 8.60. The fourth-order valence-corrected chi connectivity index (χ4v) is 1.68. The summed E-state index contributed by atoms with van der Waals surface area (Å²) >= 11 is 1.37. The van der Waals surface area contributed by atoms with E-state index in [9.17, 15) is 0 Å². The van der Waals surface area contributed by atoms with Gasteiger partial charge in [-0.05, 0) is 0 Å². The van der Waals surface area contributed by atoms with Gasteiger partial charge in [-0.2, -0.15) is 5.26 Å². The zero-order chi connectivity index (χ0) is 9.10. The summed E-state index contributed by atoms with van der Waals surface area (Å²) in [4.78, 5) is 4.16. The van der Waals surface area contributed by atoms with E-state index in [1.807, 2.05) is 41.8 Å². The quantitative estimate of drug-likeness (QED) is 0.686. The zero-order valence-electron chi connectivity index (χ0n) is 6.77. The second-order valence-corrected chi connectivity index (χ2v) is 3.37. The standard InChI is InChI=1S/C10H6N2S/c11-6-10-12-9(7-13-10)8-4-2-1-3-5-8/h1-5,7H. The second kappa shape index (κ2) is 3.38. The molecule has 0 amide bonds. The van der Waals surface area contributed by atoms with Crippen molar-refractivity contribution in [3.63, 3.8) is 0 Å². The molecule has 0 N–H and O–H groups in total. The Morgan fingerprint density at radius 1 is 1.23 bits per heavy atom. The molecule has 0 saturated carbocycles. The van der Waals surface area contributed by atoms with Crippen LogP contribution in [0.15, 0.2) is 35.7 Å². The highest BCUT2D eigenvalue weighted by Gasteiger charge is 2.01. The largest absolute Gasteiger partial charge is 0.226 e. The van der Waals surface area contributed by atoms with Crippen molar-refractivity contribution in [2.45, 2.75) is 0 Å². The average molecular weight is 186 g/mol. The van der Waals surface area contributed by atoms with Crippen molar-refractivity contribution in [2.75, 3.05) is 0 Å². The number of rotatable bonds is 1. The van der Waals surface area contributed by atoms with Crippen molar-refractivity contribution in [1.82, 2.24) is 4.98 Å². The fraction of sp³-hybridized carbons (Fsp3) is 0. The van der Waals surface area contributed by atoms with Crippen LogP contribution in [0.1, 0.15) is 5.01 Å². The van der Waals surface area contributed by atoms with Gasteiger partial charge in [-0.3, -0.25) is 0 Å². The van der Waals surface area contributed by atoms with Crippen molar-refractivity contribution in [1.29, 1.82) is 5.26 Å². The summed E-state index contributed by atoms with van der Waals surface area (Å²) in [6.45, 7) is 0. The van der Waals surface area contributed by atoms with Gasteiger partial charge < -0.3 is 0 Å². The van der Waals surface area contributed by atoms with Gasteiger partial charge in [0.1, 0.15) is 6.07 Å². The third-order valence-corrected chi connectivity index (χ3v) is 2.42. The van der Waals surface area contributed by atoms with Gasteiger partial charge >= 0.3 is 0 Å². The van der Waals surface area contributed by atoms with Crippen LogP contribution in [0.5, 0.6) is 0 Å². The summed E-state index contributed by atoms with van der Waals surface area (Å²) in [7, 11) is 0. The average Bonchev–Trinajstić information content (AvgIpc) is 2.67. The molecule has 1 aromatic carbocycles. The minimum absolute atomic E-state index is 0.513. The molecule has 13 heavy (non-hydrogen) atoms. The van der Waals surface area contributed by atoms with Gasteiger partial charge in [0.05, 0.1) is 5.69 Å². The molecule has 3 heteroatoms. The number of thiazole rings is 1. The molecule has 62 valence electrons. The van der Waals surface area contributed by atoms with Crippen LogP contribution < -0.4 is 0 Å². The number of nitrogens with zero attached hydrogens (tertiary/aromatic N) is 2. The van der Waals surface area contributed by atoms with E-state index in [4.69, 9.17) is 5.26 Å². The van der Waals surface area contributed by atoms with Crippen LogP contribution in [0, 0.1) is 11.3 Å².